The Balaban J connectivity index is 0.00000387. The molecule has 216 valence electrons. The minimum absolute atomic E-state index is 0. The number of sulfonamides is 1. The molecule has 1 aliphatic heterocycles. The summed E-state index contributed by atoms with van der Waals surface area (Å²) in [6, 6.07) is 13.5. The number of ether oxygens (including phenoxy) is 1. The number of rotatable bonds is 9. The van der Waals surface area contributed by atoms with E-state index in [1.165, 1.54) is 24.5 Å². The van der Waals surface area contributed by atoms with E-state index in [2.05, 4.69) is 25.6 Å². The molecule has 0 saturated carbocycles. The largest absolute Gasteiger partial charge is 0.435 e. The first-order chi connectivity index (χ1) is 19.3. The molecule has 41 heavy (non-hydrogen) atoms. The third kappa shape index (κ3) is 7.43. The second-order valence-corrected chi connectivity index (χ2v) is 10.8. The van der Waals surface area contributed by atoms with Gasteiger partial charge in [-0.25, -0.2) is 32.2 Å². The van der Waals surface area contributed by atoms with E-state index in [9.17, 15) is 17.2 Å². The van der Waals surface area contributed by atoms with Crippen molar-refractivity contribution in [1.82, 2.24) is 20.3 Å². The van der Waals surface area contributed by atoms with Crippen LogP contribution in [0.3, 0.4) is 0 Å². The zero-order chi connectivity index (χ0) is 28.1. The summed E-state index contributed by atoms with van der Waals surface area (Å²) in [6.07, 6.45) is 4.87. The van der Waals surface area contributed by atoms with Gasteiger partial charge in [0, 0.05) is 31.0 Å². The maximum Gasteiger partial charge on any atom is 0.237 e. The van der Waals surface area contributed by atoms with Gasteiger partial charge in [0.1, 0.15) is 5.69 Å². The number of halogens is 4. The molecule has 0 aliphatic carbocycles. The van der Waals surface area contributed by atoms with Gasteiger partial charge in [-0.2, -0.15) is 4.39 Å². The molecule has 0 spiro atoms. The monoisotopic (exact) mass is 606 g/mol. The van der Waals surface area contributed by atoms with Crippen LogP contribution in [0.5, 0.6) is 11.6 Å². The Labute approximate surface area is 241 Å². The summed E-state index contributed by atoms with van der Waals surface area (Å²) < 4.78 is 77.1. The molecule has 0 unspecified atom stereocenters. The Bertz CT molecular complexity index is 1610. The highest BCUT2D eigenvalue weighted by atomic mass is 35.5. The van der Waals surface area contributed by atoms with E-state index in [0.29, 0.717) is 28.8 Å². The molecule has 3 N–H and O–H groups in total. The Hall–Kier alpha value is -3.94. The first kappa shape index (κ1) is 30.0. The first-order valence-corrected chi connectivity index (χ1v) is 14.1. The van der Waals surface area contributed by atoms with E-state index >= 15 is 4.39 Å². The normalized spacial score (nSPS) is 15.0. The molecule has 1 aliphatic rings. The molecule has 1 atom stereocenters. The molecule has 14 heteroatoms. The van der Waals surface area contributed by atoms with E-state index in [1.54, 1.807) is 41.1 Å². The molecular weight excluding hydrogens is 581 g/mol. The Morgan fingerprint density at radius 2 is 1.80 bits per heavy atom. The smallest absolute Gasteiger partial charge is 0.237 e. The fourth-order valence-electron chi connectivity index (χ4n) is 4.23. The van der Waals surface area contributed by atoms with E-state index < -0.39 is 44.7 Å². The molecule has 0 amide bonds. The SMILES string of the molecule is Cl.O=S(=O)(Cc1ccccc1)Nc1c(F)cc(Oc2ncccc2-c2ccnc(N[C@H]3CCCNC3)n2)c(F)c1F. The Kier molecular flexibility index (Phi) is 9.63. The van der Waals surface area contributed by atoms with Crippen LogP contribution in [0, 0.1) is 17.5 Å². The zero-order valence-electron chi connectivity index (χ0n) is 21.5. The summed E-state index contributed by atoms with van der Waals surface area (Å²) in [5, 5.41) is 6.56. The lowest BCUT2D eigenvalue weighted by Gasteiger charge is -2.23. The van der Waals surface area contributed by atoms with Crippen molar-refractivity contribution in [2.75, 3.05) is 23.1 Å². The van der Waals surface area contributed by atoms with Gasteiger partial charge in [0.15, 0.2) is 17.4 Å². The predicted molar refractivity (Wildman–Crippen MR) is 151 cm³/mol. The van der Waals surface area contributed by atoms with Crippen molar-refractivity contribution in [3.8, 4) is 22.9 Å². The fourth-order valence-corrected chi connectivity index (χ4v) is 5.44. The molecule has 5 rings (SSSR count). The van der Waals surface area contributed by atoms with Gasteiger partial charge in [-0.05, 0) is 43.1 Å². The van der Waals surface area contributed by atoms with Gasteiger partial charge >= 0.3 is 0 Å². The van der Waals surface area contributed by atoms with Crippen LogP contribution >= 0.6 is 12.4 Å². The quantitative estimate of drug-likeness (QED) is 0.220. The number of anilines is 2. The van der Waals surface area contributed by atoms with Gasteiger partial charge < -0.3 is 15.4 Å². The number of hydrogen-bond acceptors (Lipinski definition) is 8. The summed E-state index contributed by atoms with van der Waals surface area (Å²) in [5.74, 6) is -5.88. The third-order valence-electron chi connectivity index (χ3n) is 6.12. The van der Waals surface area contributed by atoms with Crippen LogP contribution in [-0.2, 0) is 15.8 Å². The molecule has 1 saturated heterocycles. The molecule has 0 radical (unpaired) electrons. The van der Waals surface area contributed by atoms with Crippen LogP contribution in [0.25, 0.3) is 11.3 Å². The zero-order valence-corrected chi connectivity index (χ0v) is 23.1. The number of nitrogens with one attached hydrogen (secondary N) is 3. The summed E-state index contributed by atoms with van der Waals surface area (Å²) in [7, 11) is -4.25. The van der Waals surface area contributed by atoms with E-state index in [4.69, 9.17) is 4.74 Å². The van der Waals surface area contributed by atoms with Crippen LogP contribution in [0.2, 0.25) is 0 Å². The average Bonchev–Trinajstić information content (AvgIpc) is 2.95. The molecule has 2 aromatic carbocycles. The van der Waals surface area contributed by atoms with Gasteiger partial charge in [0.2, 0.25) is 27.7 Å². The van der Waals surface area contributed by atoms with Crippen LogP contribution in [-0.4, -0.2) is 42.5 Å². The molecule has 9 nitrogen and oxygen atoms in total. The summed E-state index contributed by atoms with van der Waals surface area (Å²) in [6.45, 7) is 1.72. The van der Waals surface area contributed by atoms with E-state index in [1.807, 2.05) is 0 Å². The number of nitrogens with zero attached hydrogens (tertiary/aromatic N) is 3. The van der Waals surface area contributed by atoms with Crippen molar-refractivity contribution in [3.05, 3.63) is 90.0 Å². The number of hydrogen-bond donors (Lipinski definition) is 3. The lowest BCUT2D eigenvalue weighted by molar-refractivity contribution is 0.401. The standard InChI is InChI=1S/C27H25F3N6O3S.ClH/c28-20-14-22(23(29)24(30)25(20)36-40(37,38)16-17-6-2-1-3-7-17)39-26-19(9-5-12-32-26)21-10-13-33-27(35-21)34-18-8-4-11-31-15-18;/h1-3,5-7,9-10,12-14,18,31,36H,4,8,11,15-16H2,(H,33,34,35);1H/t18-;/m0./s1. The highest BCUT2D eigenvalue weighted by Crippen LogP contribution is 2.36. The van der Waals surface area contributed by atoms with Crippen molar-refractivity contribution in [2.24, 2.45) is 0 Å². The Morgan fingerprint density at radius 1 is 1.00 bits per heavy atom. The molecule has 2 aromatic heterocycles. The fraction of sp³-hybridized carbons (Fsp3) is 0.222. The van der Waals surface area contributed by atoms with Gasteiger partial charge in [-0.3, -0.25) is 4.72 Å². The average molecular weight is 607 g/mol. The van der Waals surface area contributed by atoms with Crippen molar-refractivity contribution >= 4 is 34.1 Å². The maximum absolute atomic E-state index is 15.0. The molecule has 1 fully saturated rings. The van der Waals surface area contributed by atoms with Crippen molar-refractivity contribution < 1.29 is 26.3 Å². The summed E-state index contributed by atoms with van der Waals surface area (Å²) >= 11 is 0. The van der Waals surface area contributed by atoms with Gasteiger partial charge in [-0.1, -0.05) is 30.3 Å². The minimum Gasteiger partial charge on any atom is -0.435 e. The van der Waals surface area contributed by atoms with Gasteiger partial charge in [0.25, 0.3) is 0 Å². The summed E-state index contributed by atoms with van der Waals surface area (Å²) in [4.78, 5) is 12.8. The predicted octanol–water partition coefficient (Wildman–Crippen LogP) is 5.28. The lowest BCUT2D eigenvalue weighted by atomic mass is 10.1. The molecular formula is C27H26ClF3N6O3S. The Morgan fingerprint density at radius 3 is 2.56 bits per heavy atom. The van der Waals surface area contributed by atoms with E-state index in [-0.39, 0.29) is 24.3 Å². The minimum atomic E-state index is -4.25. The number of piperidine rings is 1. The first-order valence-electron chi connectivity index (χ1n) is 12.4. The second kappa shape index (κ2) is 13.1. The number of aromatic nitrogens is 3. The van der Waals surface area contributed by atoms with Crippen LogP contribution < -0.4 is 20.1 Å². The second-order valence-electron chi connectivity index (χ2n) is 9.12. The van der Waals surface area contributed by atoms with Crippen LogP contribution in [0.1, 0.15) is 18.4 Å². The highest BCUT2D eigenvalue weighted by Gasteiger charge is 2.25. The molecule has 3 heterocycles. The topological polar surface area (TPSA) is 118 Å². The van der Waals surface area contributed by atoms with Crippen LogP contribution in [0.4, 0.5) is 24.8 Å². The van der Waals surface area contributed by atoms with E-state index in [0.717, 1.165) is 25.9 Å². The highest BCUT2D eigenvalue weighted by molar-refractivity contribution is 7.91. The van der Waals surface area contributed by atoms with Crippen molar-refractivity contribution in [3.63, 3.8) is 0 Å². The number of pyridine rings is 1. The van der Waals surface area contributed by atoms with Crippen molar-refractivity contribution in [1.29, 1.82) is 0 Å². The van der Waals surface area contributed by atoms with Gasteiger partial charge in [-0.15, -0.1) is 12.4 Å². The molecule has 4 aromatic rings. The lowest BCUT2D eigenvalue weighted by Crippen LogP contribution is -2.38. The van der Waals surface area contributed by atoms with Crippen LogP contribution in [0.15, 0.2) is 67.0 Å². The van der Waals surface area contributed by atoms with Crippen molar-refractivity contribution in [2.45, 2.75) is 24.6 Å². The van der Waals surface area contributed by atoms with Gasteiger partial charge in [0.05, 0.1) is 17.0 Å². The number of benzene rings is 2. The molecule has 0 bridgehead atoms. The third-order valence-corrected chi connectivity index (χ3v) is 7.35. The summed E-state index contributed by atoms with van der Waals surface area (Å²) in [5.41, 5.74) is -0.0539. The maximum atomic E-state index is 15.0.